The second kappa shape index (κ2) is 6.18. The van der Waals surface area contributed by atoms with Crippen LogP contribution in [0.4, 0.5) is 0 Å². The molecule has 1 aromatic heterocycles. The van der Waals surface area contributed by atoms with Crippen LogP contribution in [-0.4, -0.2) is 32.8 Å². The molecule has 0 saturated carbocycles. The number of hydrogen-bond acceptors (Lipinski definition) is 3. The summed E-state index contributed by atoms with van der Waals surface area (Å²) < 4.78 is 1.92. The lowest BCUT2D eigenvalue weighted by molar-refractivity contribution is 0.296. The molecular formula is C16H24N4. The Morgan fingerprint density at radius 3 is 2.30 bits per heavy atom. The van der Waals surface area contributed by atoms with Crippen LogP contribution in [0, 0.1) is 20.8 Å². The van der Waals surface area contributed by atoms with E-state index in [2.05, 4.69) is 54.0 Å². The summed E-state index contributed by atoms with van der Waals surface area (Å²) in [4.78, 5) is 6.79. The molecule has 0 aliphatic heterocycles. The van der Waals surface area contributed by atoms with E-state index in [9.17, 15) is 0 Å². The predicted octanol–water partition coefficient (Wildman–Crippen LogP) is 3.03. The third kappa shape index (κ3) is 3.07. The van der Waals surface area contributed by atoms with Gasteiger partial charge in [0.2, 0.25) is 0 Å². The molecule has 4 heteroatoms. The number of aromatic nitrogens is 3. The highest BCUT2D eigenvalue weighted by Crippen LogP contribution is 2.17. The second-order valence-corrected chi connectivity index (χ2v) is 5.20. The summed E-state index contributed by atoms with van der Waals surface area (Å²) in [6.45, 7) is 13.6. The third-order valence-corrected chi connectivity index (χ3v) is 3.66. The number of benzene rings is 1. The summed E-state index contributed by atoms with van der Waals surface area (Å²) in [5.41, 5.74) is 3.71. The van der Waals surface area contributed by atoms with Gasteiger partial charge in [-0.1, -0.05) is 26.0 Å². The summed E-state index contributed by atoms with van der Waals surface area (Å²) in [6, 6.07) is 6.59. The van der Waals surface area contributed by atoms with Crippen LogP contribution >= 0.6 is 0 Å². The first-order valence-corrected chi connectivity index (χ1v) is 7.27. The van der Waals surface area contributed by atoms with Crippen LogP contribution in [0.15, 0.2) is 18.2 Å². The van der Waals surface area contributed by atoms with Gasteiger partial charge in [0.15, 0.2) is 0 Å². The number of hydrogen-bond donors (Lipinski definition) is 0. The van der Waals surface area contributed by atoms with E-state index in [-0.39, 0.29) is 0 Å². The average Bonchev–Trinajstić information content (AvgIpc) is 2.75. The van der Waals surface area contributed by atoms with Crippen molar-refractivity contribution in [2.45, 2.75) is 41.2 Å². The summed E-state index contributed by atoms with van der Waals surface area (Å²) in [6.07, 6.45) is 0. The van der Waals surface area contributed by atoms with Crippen molar-refractivity contribution < 1.29 is 0 Å². The minimum Gasteiger partial charge on any atom is -0.300 e. The normalized spacial score (nSPS) is 11.3. The highest BCUT2D eigenvalue weighted by atomic mass is 15.3. The maximum absolute atomic E-state index is 4.46. The highest BCUT2D eigenvalue weighted by Gasteiger charge is 2.09. The SMILES string of the molecule is CCN(CC)Cc1ccc(-n2nc(C)nc2C)c(C)c1. The molecule has 0 spiro atoms. The Morgan fingerprint density at radius 2 is 1.80 bits per heavy atom. The van der Waals surface area contributed by atoms with Crippen molar-refractivity contribution in [2.24, 2.45) is 0 Å². The van der Waals surface area contributed by atoms with Gasteiger partial charge < -0.3 is 0 Å². The molecule has 0 unspecified atom stereocenters. The van der Waals surface area contributed by atoms with Gasteiger partial charge in [0, 0.05) is 6.54 Å². The minimum atomic E-state index is 0.814. The summed E-state index contributed by atoms with van der Waals surface area (Å²) >= 11 is 0. The Bertz CT molecular complexity index is 582. The predicted molar refractivity (Wildman–Crippen MR) is 82.2 cm³/mol. The maximum Gasteiger partial charge on any atom is 0.148 e. The average molecular weight is 272 g/mol. The van der Waals surface area contributed by atoms with E-state index in [4.69, 9.17) is 0 Å². The molecule has 0 amide bonds. The van der Waals surface area contributed by atoms with Crippen LogP contribution in [0.5, 0.6) is 0 Å². The Kier molecular flexibility index (Phi) is 4.55. The summed E-state index contributed by atoms with van der Waals surface area (Å²) in [7, 11) is 0. The fourth-order valence-electron chi connectivity index (χ4n) is 2.51. The first-order chi connectivity index (χ1) is 9.55. The quantitative estimate of drug-likeness (QED) is 0.839. The molecule has 0 atom stereocenters. The molecule has 2 rings (SSSR count). The van der Waals surface area contributed by atoms with E-state index in [0.29, 0.717) is 0 Å². The number of rotatable bonds is 5. The van der Waals surface area contributed by atoms with Gasteiger partial charge in [-0.2, -0.15) is 5.10 Å². The van der Waals surface area contributed by atoms with Crippen LogP contribution in [-0.2, 0) is 6.54 Å². The molecule has 0 radical (unpaired) electrons. The molecule has 0 aliphatic rings. The molecular weight excluding hydrogens is 248 g/mol. The highest BCUT2D eigenvalue weighted by molar-refractivity contribution is 5.42. The van der Waals surface area contributed by atoms with Gasteiger partial charge in [-0.3, -0.25) is 4.90 Å². The van der Waals surface area contributed by atoms with Gasteiger partial charge in [0.25, 0.3) is 0 Å². The van der Waals surface area contributed by atoms with Gasteiger partial charge in [-0.15, -0.1) is 0 Å². The molecule has 0 saturated heterocycles. The standard InChI is InChI=1S/C16H24N4/c1-6-19(7-2)11-15-8-9-16(12(3)10-15)20-14(5)17-13(4)18-20/h8-10H,6-7,11H2,1-5H3. The van der Waals surface area contributed by atoms with Gasteiger partial charge in [0.05, 0.1) is 5.69 Å². The Hall–Kier alpha value is -1.68. The maximum atomic E-state index is 4.46. The van der Waals surface area contributed by atoms with Gasteiger partial charge in [0.1, 0.15) is 11.6 Å². The first kappa shape index (κ1) is 14.7. The van der Waals surface area contributed by atoms with Crippen molar-refractivity contribution in [1.82, 2.24) is 19.7 Å². The van der Waals surface area contributed by atoms with E-state index in [1.807, 2.05) is 18.5 Å². The molecule has 2 aromatic rings. The van der Waals surface area contributed by atoms with Crippen LogP contribution in [0.25, 0.3) is 5.69 Å². The topological polar surface area (TPSA) is 34.0 Å². The molecule has 0 N–H and O–H groups in total. The van der Waals surface area contributed by atoms with E-state index < -0.39 is 0 Å². The number of aryl methyl sites for hydroxylation is 3. The molecule has 0 aliphatic carbocycles. The van der Waals surface area contributed by atoms with Crippen molar-refractivity contribution in [3.05, 3.63) is 41.0 Å². The van der Waals surface area contributed by atoms with Crippen molar-refractivity contribution >= 4 is 0 Å². The lowest BCUT2D eigenvalue weighted by Gasteiger charge is -2.19. The summed E-state index contributed by atoms with van der Waals surface area (Å²) in [5.74, 6) is 1.75. The molecule has 1 heterocycles. The van der Waals surface area contributed by atoms with Crippen molar-refractivity contribution in [2.75, 3.05) is 13.1 Å². The van der Waals surface area contributed by atoms with Gasteiger partial charge in [-0.05, 0) is 51.1 Å². The van der Waals surface area contributed by atoms with Crippen LogP contribution in [0.1, 0.15) is 36.6 Å². The zero-order valence-electron chi connectivity index (χ0n) is 13.1. The van der Waals surface area contributed by atoms with Crippen molar-refractivity contribution in [3.8, 4) is 5.69 Å². The Labute approximate surface area is 121 Å². The zero-order chi connectivity index (χ0) is 14.7. The van der Waals surface area contributed by atoms with E-state index >= 15 is 0 Å². The first-order valence-electron chi connectivity index (χ1n) is 7.27. The second-order valence-electron chi connectivity index (χ2n) is 5.20. The largest absolute Gasteiger partial charge is 0.300 e. The van der Waals surface area contributed by atoms with Crippen LogP contribution < -0.4 is 0 Å². The Balaban J connectivity index is 2.28. The molecule has 4 nitrogen and oxygen atoms in total. The van der Waals surface area contributed by atoms with Crippen molar-refractivity contribution in [3.63, 3.8) is 0 Å². The van der Waals surface area contributed by atoms with E-state index in [1.54, 1.807) is 0 Å². The molecule has 20 heavy (non-hydrogen) atoms. The third-order valence-electron chi connectivity index (χ3n) is 3.66. The Morgan fingerprint density at radius 1 is 1.10 bits per heavy atom. The van der Waals surface area contributed by atoms with Crippen LogP contribution in [0.2, 0.25) is 0 Å². The monoisotopic (exact) mass is 272 g/mol. The zero-order valence-corrected chi connectivity index (χ0v) is 13.1. The minimum absolute atomic E-state index is 0.814. The fraction of sp³-hybridized carbons (Fsp3) is 0.500. The van der Waals surface area contributed by atoms with Gasteiger partial charge in [-0.25, -0.2) is 9.67 Å². The van der Waals surface area contributed by atoms with Crippen LogP contribution in [0.3, 0.4) is 0 Å². The van der Waals surface area contributed by atoms with E-state index in [0.717, 1.165) is 37.0 Å². The molecule has 0 fully saturated rings. The van der Waals surface area contributed by atoms with Crippen molar-refractivity contribution in [1.29, 1.82) is 0 Å². The van der Waals surface area contributed by atoms with Gasteiger partial charge >= 0.3 is 0 Å². The lowest BCUT2D eigenvalue weighted by atomic mass is 10.1. The smallest absolute Gasteiger partial charge is 0.148 e. The molecule has 1 aromatic carbocycles. The molecule has 108 valence electrons. The fourth-order valence-corrected chi connectivity index (χ4v) is 2.51. The lowest BCUT2D eigenvalue weighted by Crippen LogP contribution is -2.22. The summed E-state index contributed by atoms with van der Waals surface area (Å²) in [5, 5.41) is 4.46. The number of nitrogens with zero attached hydrogens (tertiary/aromatic N) is 4. The molecule has 0 bridgehead atoms. The van der Waals surface area contributed by atoms with E-state index in [1.165, 1.54) is 11.1 Å².